The fourth-order valence-corrected chi connectivity index (χ4v) is 24.0. The van der Waals surface area contributed by atoms with Crippen LogP contribution in [0.4, 0.5) is 0 Å². The number of aryl methyl sites for hydroxylation is 4. The van der Waals surface area contributed by atoms with Gasteiger partial charge in [-0.1, -0.05) is 461 Å². The van der Waals surface area contributed by atoms with Crippen LogP contribution in [0.3, 0.4) is 0 Å². The summed E-state index contributed by atoms with van der Waals surface area (Å²) in [7, 11) is 0. The number of fused-ring (bicyclic) bond motifs is 11. The van der Waals surface area contributed by atoms with Crippen molar-refractivity contribution in [2.75, 3.05) is 0 Å². The van der Waals surface area contributed by atoms with Crippen molar-refractivity contribution >= 4 is 21.5 Å². The van der Waals surface area contributed by atoms with Crippen LogP contribution in [0.5, 0.6) is 0 Å². The van der Waals surface area contributed by atoms with E-state index in [0.29, 0.717) is 59.2 Å². The molecule has 0 spiro atoms. The van der Waals surface area contributed by atoms with Crippen LogP contribution in [-0.4, -0.2) is 11.2 Å². The van der Waals surface area contributed by atoms with Gasteiger partial charge in [0.15, 0.2) is 0 Å². The number of rotatable bonds is 11. The van der Waals surface area contributed by atoms with Gasteiger partial charge in [-0.3, -0.25) is 0 Å². The van der Waals surface area contributed by atoms with Crippen molar-refractivity contribution in [2.24, 2.45) is 35.5 Å². The van der Waals surface area contributed by atoms with Gasteiger partial charge in [-0.15, -0.1) is 0 Å². The third-order valence-corrected chi connectivity index (χ3v) is 32.8. The average Bonchev–Trinajstić information content (AvgIpc) is 1.63. The Kier molecular flexibility index (Phi) is 40.8. The summed E-state index contributed by atoms with van der Waals surface area (Å²) in [5.74, 6) is 14.3. The molecule has 22 rings (SSSR count). The summed E-state index contributed by atoms with van der Waals surface area (Å²) in [6, 6.07) is 97.9. The largest absolute Gasteiger partial charge is 0.392 e. The highest BCUT2D eigenvalue weighted by atomic mass is 16.3. The monoisotopic (exact) mass is 1880 g/mol. The zero-order valence-electron chi connectivity index (χ0n) is 93.0. The third kappa shape index (κ3) is 29.4. The Morgan fingerprint density at radius 3 is 1.25 bits per heavy atom. The lowest BCUT2D eigenvalue weighted by atomic mass is 9.89. The third-order valence-electron chi connectivity index (χ3n) is 32.8. The summed E-state index contributed by atoms with van der Waals surface area (Å²) < 4.78 is 0. The molecule has 13 aromatic carbocycles. The molecule has 1 nitrogen and oxygen atoms in total. The van der Waals surface area contributed by atoms with Gasteiger partial charge in [0.2, 0.25) is 0 Å². The van der Waals surface area contributed by atoms with Crippen molar-refractivity contribution in [3.63, 3.8) is 0 Å². The standard InChI is InChI=1S/6C13H18.2C13H14.C12H16O.2C12H16/c1-9(2)11-4-5-12-6-10(3)7-13(12)8-11;1-9(2)11-6-7-13-10(3)4-5-12(13)8-11;1-9(2)12-7-6-11-5-4-10(3)13(11)8-12;1-9(2)12-6-4-5-11-7-10(3)8-13(11)12;1-9(2)11-5-4-6-12-10(3)7-8-13(11)12;1-9(2)12-6-4-5-11-8-7-10(3)13(11)12;1-10(2)12-9-5-7-11-6-3-4-8-13(11)12;1-10(2)12-8-7-11-5-3-4-6-13(11)9-12;1-8(2)12-10-6-4-3-5-9(10)7-11(12)13;1-9(2)12-7-10-5-3-4-6-11(10)8-12;1-9(2)11-8-7-10-5-3-4-6-12(10)11/h4-5,8-10H,6-7H2,1-3H3;2*6-10H,4-5H2,1-3H3;3*4-6,9-10H,7-8H2,1-3H3;2*3-10H,1-2H3;3-6,8,11-13H,7H2,1-2H3;3-6,9,12H,7-8H2,1-2H3;3-6,9,11H,7-8H2,1-2H3. The van der Waals surface area contributed by atoms with E-state index in [0.717, 1.165) is 65.6 Å². The second-order valence-electron chi connectivity index (χ2n) is 47.5. The Morgan fingerprint density at radius 2 is 0.631 bits per heavy atom. The smallest absolute Gasteiger partial charge is 0.0651 e. The number of hydrogen-bond acceptors (Lipinski definition) is 1. The van der Waals surface area contributed by atoms with Crippen molar-refractivity contribution in [1.82, 2.24) is 0 Å². The van der Waals surface area contributed by atoms with E-state index < -0.39 is 0 Å². The van der Waals surface area contributed by atoms with Crippen LogP contribution in [0, 0.1) is 35.5 Å². The van der Waals surface area contributed by atoms with Crippen LogP contribution < -0.4 is 0 Å². The molecule has 9 aliphatic carbocycles. The van der Waals surface area contributed by atoms with Crippen molar-refractivity contribution in [3.8, 4) is 0 Å². The van der Waals surface area contributed by atoms with Crippen LogP contribution in [-0.2, 0) is 77.0 Å². The average molecular weight is 1880 g/mol. The molecule has 0 aromatic heterocycles. The molecule has 141 heavy (non-hydrogen) atoms. The molecule has 0 amide bonds. The lowest BCUT2D eigenvalue weighted by Crippen LogP contribution is -2.18. The highest BCUT2D eigenvalue weighted by Gasteiger charge is 2.34. The Morgan fingerprint density at radius 1 is 0.227 bits per heavy atom. The molecule has 0 saturated carbocycles. The van der Waals surface area contributed by atoms with Gasteiger partial charge in [0.25, 0.3) is 0 Å². The quantitative estimate of drug-likeness (QED) is 0.137. The molecule has 9 atom stereocenters. The van der Waals surface area contributed by atoms with Gasteiger partial charge in [-0.2, -0.15) is 0 Å². The molecule has 0 fully saturated rings. The first kappa shape index (κ1) is 110. The second-order valence-corrected chi connectivity index (χ2v) is 47.5. The first-order valence-electron chi connectivity index (χ1n) is 56.0. The predicted octanol–water partition coefficient (Wildman–Crippen LogP) is 39.2. The van der Waals surface area contributed by atoms with Crippen molar-refractivity contribution in [3.05, 3.63) is 412 Å². The van der Waals surface area contributed by atoms with Crippen LogP contribution in [0.15, 0.2) is 267 Å². The fraction of sp³-hybridized carbons (Fsp3) is 0.471. The van der Waals surface area contributed by atoms with Crippen molar-refractivity contribution in [2.45, 2.75) is 392 Å². The van der Waals surface area contributed by atoms with E-state index in [9.17, 15) is 5.11 Å². The van der Waals surface area contributed by atoms with Gasteiger partial charge in [0.05, 0.1) is 6.10 Å². The minimum Gasteiger partial charge on any atom is -0.392 e. The molecule has 9 aliphatic rings. The Bertz CT molecular complexity index is 6060. The molecule has 1 heteroatoms. The van der Waals surface area contributed by atoms with E-state index in [4.69, 9.17) is 0 Å². The lowest BCUT2D eigenvalue weighted by molar-refractivity contribution is 0.136. The summed E-state index contributed by atoms with van der Waals surface area (Å²) in [6.07, 6.45) is 21.6. The molecule has 1 N–H and O–H groups in total. The van der Waals surface area contributed by atoms with Gasteiger partial charge in [-0.25, -0.2) is 0 Å². The maximum atomic E-state index is 9.88. The Labute approximate surface area is 859 Å². The zero-order valence-corrected chi connectivity index (χ0v) is 93.0. The SMILES string of the molecule is CC(C)C1CCc2ccccc21.CC(C)C1Cc2ccccc2C1.CC(C)C1c2ccccc2CC1O.CC(C)c1ccc2c(c1)C(C)CC2.CC(C)c1ccc2c(c1)CCC2C.CC(C)c1ccc2ccccc2c1.CC(C)c1cccc2c1C(C)CC2.CC(C)c1cccc2c1CCC2C.CC(C)c1cccc2ccccc12.CC1Cc2ccc(C(C)C)cc2C1.CC1Cc2cccc(C(C)C)c2C1. The summed E-state index contributed by atoms with van der Waals surface area (Å²) >= 11 is 0. The maximum absolute atomic E-state index is 9.88. The van der Waals surface area contributed by atoms with Crippen LogP contribution in [0.2, 0.25) is 0 Å². The molecule has 9 unspecified atom stereocenters. The topological polar surface area (TPSA) is 20.2 Å². The van der Waals surface area contributed by atoms with E-state index in [1.807, 2.05) is 6.07 Å². The Hall–Kier alpha value is -9.66. The molecular formula is C140H184O. The molecule has 13 aromatic rings. The van der Waals surface area contributed by atoms with Crippen molar-refractivity contribution in [1.29, 1.82) is 0 Å². The van der Waals surface area contributed by atoms with E-state index in [1.165, 1.54) is 163 Å². The minimum absolute atomic E-state index is 0.169. The van der Waals surface area contributed by atoms with E-state index >= 15 is 0 Å². The molecule has 0 heterocycles. The van der Waals surface area contributed by atoms with Gasteiger partial charge < -0.3 is 5.11 Å². The first-order valence-corrected chi connectivity index (χ1v) is 56.0. The van der Waals surface area contributed by atoms with Crippen molar-refractivity contribution < 1.29 is 5.11 Å². The number of aliphatic hydroxyl groups is 1. The fourth-order valence-electron chi connectivity index (χ4n) is 24.0. The second kappa shape index (κ2) is 52.2. The number of aliphatic hydroxyl groups excluding tert-OH is 1. The van der Waals surface area contributed by atoms with E-state index in [1.54, 1.807) is 106 Å². The molecule has 0 aliphatic heterocycles. The number of hydrogen-bond donors (Lipinski definition) is 1. The summed E-state index contributed by atoms with van der Waals surface area (Å²) in [6.45, 7) is 64.0. The van der Waals surface area contributed by atoms with Gasteiger partial charge in [0, 0.05) is 5.92 Å². The molecule has 750 valence electrons. The lowest BCUT2D eigenvalue weighted by Gasteiger charge is -2.19. The molecule has 0 saturated heterocycles. The molecular weight excluding hydrogens is 1700 g/mol. The summed E-state index contributed by atoms with van der Waals surface area (Å²) in [5.41, 5.74) is 40.4. The predicted molar refractivity (Wildman–Crippen MR) is 618 cm³/mol. The van der Waals surface area contributed by atoms with Gasteiger partial charge in [0.1, 0.15) is 0 Å². The summed E-state index contributed by atoms with van der Waals surface area (Å²) in [4.78, 5) is 0. The van der Waals surface area contributed by atoms with Crippen LogP contribution >= 0.6 is 0 Å². The van der Waals surface area contributed by atoms with Gasteiger partial charge >= 0.3 is 0 Å². The highest BCUT2D eigenvalue weighted by molar-refractivity contribution is 5.86. The first-order chi connectivity index (χ1) is 67.4. The maximum Gasteiger partial charge on any atom is 0.0651 e. The van der Waals surface area contributed by atoms with Crippen LogP contribution in [0.1, 0.15) is 453 Å². The Balaban J connectivity index is 0.000000139. The summed E-state index contributed by atoms with van der Waals surface area (Å²) in [5, 5.41) is 15.3. The van der Waals surface area contributed by atoms with E-state index in [2.05, 4.69) is 455 Å². The van der Waals surface area contributed by atoms with E-state index in [-0.39, 0.29) is 6.10 Å². The molecule has 0 bridgehead atoms. The highest BCUT2D eigenvalue weighted by Crippen LogP contribution is 2.45. The molecule has 0 radical (unpaired) electrons. The zero-order chi connectivity index (χ0) is 102. The minimum atomic E-state index is -0.169. The van der Waals surface area contributed by atoms with Crippen LogP contribution in [0.25, 0.3) is 21.5 Å². The number of benzene rings is 13. The normalized spacial score (nSPS) is 19.2. The van der Waals surface area contributed by atoms with Gasteiger partial charge in [-0.05, 0) is 388 Å².